The molecule has 0 aliphatic heterocycles. The zero-order chi connectivity index (χ0) is 16.5. The number of anilines is 1. The molecule has 5 nitrogen and oxygen atoms in total. The number of aryl methyl sites for hydroxylation is 1. The van der Waals surface area contributed by atoms with Crippen LogP contribution in [0.25, 0.3) is 0 Å². The van der Waals surface area contributed by atoms with E-state index in [0.29, 0.717) is 3.57 Å². The second kappa shape index (κ2) is 6.71. The summed E-state index contributed by atoms with van der Waals surface area (Å²) in [4.78, 5) is 11.4. The Hall–Kier alpha value is -0.880. The van der Waals surface area contributed by atoms with E-state index in [1.54, 1.807) is 18.2 Å². The number of carbonyl (C=O) groups is 1. The Morgan fingerprint density at radius 1 is 1.14 bits per heavy atom. The molecule has 2 aromatic carbocycles. The van der Waals surface area contributed by atoms with Crippen molar-refractivity contribution in [1.29, 1.82) is 0 Å². The highest BCUT2D eigenvalue weighted by molar-refractivity contribution is 14.1. The summed E-state index contributed by atoms with van der Waals surface area (Å²) in [5.74, 6) is -1.18. The minimum absolute atomic E-state index is 0.0769. The second-order valence-electron chi connectivity index (χ2n) is 4.53. The molecular weight excluding hydrogens is 532 g/mol. The molecule has 0 saturated heterocycles. The first-order valence-corrected chi connectivity index (χ1v) is 9.66. The summed E-state index contributed by atoms with van der Waals surface area (Å²) < 4.78 is 28.5. The SMILES string of the molecule is Cc1ccc(S(=O)(=O)Nc2c(I)cc(I)cc2C(=O)O)cc1. The summed E-state index contributed by atoms with van der Waals surface area (Å²) in [6, 6.07) is 9.48. The van der Waals surface area contributed by atoms with E-state index in [0.717, 1.165) is 9.13 Å². The zero-order valence-corrected chi connectivity index (χ0v) is 16.4. The fraction of sp³-hybridized carbons (Fsp3) is 0.0714. The molecule has 8 heteroatoms. The molecule has 0 saturated carbocycles. The van der Waals surface area contributed by atoms with Crippen molar-refractivity contribution < 1.29 is 18.3 Å². The van der Waals surface area contributed by atoms with Gasteiger partial charge in [0.1, 0.15) is 0 Å². The lowest BCUT2D eigenvalue weighted by Crippen LogP contribution is -2.17. The van der Waals surface area contributed by atoms with E-state index in [1.165, 1.54) is 18.2 Å². The third-order valence-electron chi connectivity index (χ3n) is 2.85. The molecule has 0 heterocycles. The van der Waals surface area contributed by atoms with Crippen LogP contribution in [0.5, 0.6) is 0 Å². The van der Waals surface area contributed by atoms with Crippen LogP contribution in [0.2, 0.25) is 0 Å². The van der Waals surface area contributed by atoms with Crippen molar-refractivity contribution in [3.8, 4) is 0 Å². The van der Waals surface area contributed by atoms with Crippen LogP contribution in [0, 0.1) is 14.1 Å². The quantitative estimate of drug-likeness (QED) is 0.577. The molecule has 0 spiro atoms. The zero-order valence-electron chi connectivity index (χ0n) is 11.3. The van der Waals surface area contributed by atoms with Gasteiger partial charge in [0, 0.05) is 7.14 Å². The van der Waals surface area contributed by atoms with Gasteiger partial charge in [-0.05, 0) is 76.4 Å². The van der Waals surface area contributed by atoms with Crippen molar-refractivity contribution in [2.75, 3.05) is 4.72 Å². The van der Waals surface area contributed by atoms with Crippen LogP contribution in [-0.2, 0) is 10.0 Å². The van der Waals surface area contributed by atoms with Crippen molar-refractivity contribution >= 4 is 66.9 Å². The van der Waals surface area contributed by atoms with Gasteiger partial charge in [0.25, 0.3) is 10.0 Å². The van der Waals surface area contributed by atoms with Gasteiger partial charge in [0.15, 0.2) is 0 Å². The van der Waals surface area contributed by atoms with E-state index in [4.69, 9.17) is 0 Å². The number of nitrogens with one attached hydrogen (secondary N) is 1. The molecule has 0 unspecified atom stereocenters. The Labute approximate surface area is 155 Å². The first-order valence-electron chi connectivity index (χ1n) is 6.02. The Morgan fingerprint density at radius 2 is 1.73 bits per heavy atom. The van der Waals surface area contributed by atoms with Gasteiger partial charge in [0.2, 0.25) is 0 Å². The monoisotopic (exact) mass is 543 g/mol. The minimum Gasteiger partial charge on any atom is -0.478 e. The molecule has 0 atom stereocenters. The topological polar surface area (TPSA) is 83.5 Å². The van der Waals surface area contributed by atoms with Crippen molar-refractivity contribution in [1.82, 2.24) is 0 Å². The van der Waals surface area contributed by atoms with Crippen molar-refractivity contribution in [2.45, 2.75) is 11.8 Å². The average molecular weight is 543 g/mol. The third kappa shape index (κ3) is 3.90. The largest absolute Gasteiger partial charge is 0.478 e. The number of aromatic carboxylic acids is 1. The van der Waals surface area contributed by atoms with E-state index in [-0.39, 0.29) is 16.1 Å². The van der Waals surface area contributed by atoms with E-state index < -0.39 is 16.0 Å². The number of rotatable bonds is 4. The molecular formula is C14H11I2NO4S. The highest BCUT2D eigenvalue weighted by Gasteiger charge is 2.21. The fourth-order valence-electron chi connectivity index (χ4n) is 1.76. The van der Waals surface area contributed by atoms with E-state index in [1.807, 2.05) is 52.1 Å². The summed E-state index contributed by atoms with van der Waals surface area (Å²) in [5, 5.41) is 9.28. The maximum absolute atomic E-state index is 12.4. The van der Waals surface area contributed by atoms with Crippen LogP contribution < -0.4 is 4.72 Å². The number of carboxylic acid groups (broad SMARTS) is 1. The van der Waals surface area contributed by atoms with Gasteiger partial charge in [-0.3, -0.25) is 4.72 Å². The molecule has 0 aromatic heterocycles. The number of sulfonamides is 1. The van der Waals surface area contributed by atoms with E-state index in [9.17, 15) is 18.3 Å². The molecule has 0 amide bonds. The van der Waals surface area contributed by atoms with Crippen LogP contribution in [-0.4, -0.2) is 19.5 Å². The summed E-state index contributed by atoms with van der Waals surface area (Å²) in [7, 11) is -3.84. The van der Waals surface area contributed by atoms with Gasteiger partial charge >= 0.3 is 5.97 Å². The van der Waals surface area contributed by atoms with Crippen LogP contribution in [0.1, 0.15) is 15.9 Å². The molecule has 2 aromatic rings. The van der Waals surface area contributed by atoms with E-state index >= 15 is 0 Å². The predicted molar refractivity (Wildman–Crippen MR) is 101 cm³/mol. The van der Waals surface area contributed by atoms with Gasteiger partial charge in [-0.25, -0.2) is 13.2 Å². The average Bonchev–Trinajstić information content (AvgIpc) is 2.41. The Bertz CT molecular complexity index is 833. The molecule has 22 heavy (non-hydrogen) atoms. The molecule has 116 valence electrons. The number of carboxylic acids is 1. The van der Waals surface area contributed by atoms with E-state index in [2.05, 4.69) is 4.72 Å². The molecule has 2 N–H and O–H groups in total. The lowest BCUT2D eigenvalue weighted by molar-refractivity contribution is 0.0698. The number of hydrogen-bond acceptors (Lipinski definition) is 3. The molecule has 0 aliphatic rings. The molecule has 0 aliphatic carbocycles. The maximum atomic E-state index is 12.4. The summed E-state index contributed by atoms with van der Waals surface area (Å²) >= 11 is 3.90. The molecule has 0 fully saturated rings. The highest BCUT2D eigenvalue weighted by atomic mass is 127. The minimum atomic E-state index is -3.84. The fourth-order valence-corrected chi connectivity index (χ4v) is 5.02. The van der Waals surface area contributed by atoms with Gasteiger partial charge in [0.05, 0.1) is 16.1 Å². The molecule has 0 radical (unpaired) electrons. The number of benzene rings is 2. The van der Waals surface area contributed by atoms with Crippen LogP contribution in [0.3, 0.4) is 0 Å². The summed E-state index contributed by atoms with van der Waals surface area (Å²) in [6.07, 6.45) is 0. The van der Waals surface area contributed by atoms with Crippen molar-refractivity contribution in [2.24, 2.45) is 0 Å². The summed E-state index contributed by atoms with van der Waals surface area (Å²) in [5.41, 5.74) is 0.940. The van der Waals surface area contributed by atoms with Gasteiger partial charge in [-0.15, -0.1) is 0 Å². The van der Waals surface area contributed by atoms with Gasteiger partial charge in [-0.1, -0.05) is 17.7 Å². The van der Waals surface area contributed by atoms with Crippen LogP contribution in [0.15, 0.2) is 41.3 Å². The Balaban J connectivity index is 2.50. The summed E-state index contributed by atoms with van der Waals surface area (Å²) in [6.45, 7) is 1.86. The first-order chi connectivity index (χ1) is 10.2. The third-order valence-corrected chi connectivity index (χ3v) is 5.69. The Kier molecular flexibility index (Phi) is 5.33. The maximum Gasteiger partial charge on any atom is 0.337 e. The molecule has 0 bridgehead atoms. The first kappa shape index (κ1) is 17.5. The Morgan fingerprint density at radius 3 is 2.27 bits per heavy atom. The number of halogens is 2. The smallest absolute Gasteiger partial charge is 0.337 e. The van der Waals surface area contributed by atoms with Crippen molar-refractivity contribution in [3.63, 3.8) is 0 Å². The highest BCUT2D eigenvalue weighted by Crippen LogP contribution is 2.28. The predicted octanol–water partition coefficient (Wildman–Crippen LogP) is 3.70. The molecule has 2 rings (SSSR count). The lowest BCUT2D eigenvalue weighted by Gasteiger charge is -2.13. The lowest BCUT2D eigenvalue weighted by atomic mass is 10.2. The standard InChI is InChI=1S/C14H11I2NO4S/c1-8-2-4-10(5-3-8)22(20,21)17-13-11(14(18)19)6-9(15)7-12(13)16/h2-7,17H,1H3,(H,18,19). The number of hydrogen-bond donors (Lipinski definition) is 2. The normalized spacial score (nSPS) is 11.2. The van der Waals surface area contributed by atoms with Crippen molar-refractivity contribution in [3.05, 3.63) is 54.7 Å². The van der Waals surface area contributed by atoms with Gasteiger partial charge in [-0.2, -0.15) is 0 Å². The van der Waals surface area contributed by atoms with Crippen LogP contribution in [0.4, 0.5) is 5.69 Å². The van der Waals surface area contributed by atoms with Crippen LogP contribution >= 0.6 is 45.2 Å². The van der Waals surface area contributed by atoms with Gasteiger partial charge < -0.3 is 5.11 Å². The second-order valence-corrected chi connectivity index (χ2v) is 8.62.